The van der Waals surface area contributed by atoms with Crippen molar-refractivity contribution in [2.75, 3.05) is 11.9 Å². The van der Waals surface area contributed by atoms with E-state index in [0.29, 0.717) is 18.2 Å². The minimum atomic E-state index is -1.04. The molecule has 0 radical (unpaired) electrons. The standard InChI is InChI=1S/C11H13ClN2O3/c12-10-3-9(8(5-14-10)11(16)17)13-4-6-1-7(15)2-6/h3,5-7,15H,1-2,4H2,(H,13,14)(H,16,17). The molecule has 0 aliphatic heterocycles. The third-order valence-electron chi connectivity index (χ3n) is 2.89. The van der Waals surface area contributed by atoms with E-state index < -0.39 is 5.97 Å². The van der Waals surface area contributed by atoms with Crippen molar-refractivity contribution in [3.63, 3.8) is 0 Å². The number of pyridine rings is 1. The summed E-state index contributed by atoms with van der Waals surface area (Å²) in [6, 6.07) is 1.50. The lowest BCUT2D eigenvalue weighted by atomic mass is 9.82. The average molecular weight is 257 g/mol. The largest absolute Gasteiger partial charge is 0.478 e. The summed E-state index contributed by atoms with van der Waals surface area (Å²) in [5.41, 5.74) is 0.577. The maximum absolute atomic E-state index is 11.0. The predicted octanol–water partition coefficient (Wildman–Crippen LogP) is 1.62. The highest BCUT2D eigenvalue weighted by molar-refractivity contribution is 6.29. The fourth-order valence-corrected chi connectivity index (χ4v) is 2.03. The summed E-state index contributed by atoms with van der Waals surface area (Å²) in [7, 11) is 0. The highest BCUT2D eigenvalue weighted by Crippen LogP contribution is 2.28. The van der Waals surface area contributed by atoms with E-state index in [0.717, 1.165) is 12.8 Å². The first-order valence-electron chi connectivity index (χ1n) is 5.37. The molecule has 0 aromatic carbocycles. The Morgan fingerprint density at radius 3 is 2.88 bits per heavy atom. The molecule has 17 heavy (non-hydrogen) atoms. The fourth-order valence-electron chi connectivity index (χ4n) is 1.87. The smallest absolute Gasteiger partial charge is 0.339 e. The van der Waals surface area contributed by atoms with Crippen molar-refractivity contribution in [3.05, 3.63) is 23.0 Å². The number of aromatic carboxylic acids is 1. The number of hydrogen-bond donors (Lipinski definition) is 3. The zero-order valence-electron chi connectivity index (χ0n) is 9.06. The molecule has 1 aliphatic carbocycles. The first kappa shape index (κ1) is 12.1. The second kappa shape index (κ2) is 4.89. The van der Waals surface area contributed by atoms with Gasteiger partial charge in [-0.2, -0.15) is 0 Å². The number of aliphatic hydroxyl groups is 1. The topological polar surface area (TPSA) is 82.5 Å². The van der Waals surface area contributed by atoms with Gasteiger partial charge in [0.25, 0.3) is 0 Å². The van der Waals surface area contributed by atoms with Gasteiger partial charge in [0, 0.05) is 12.7 Å². The Labute approximate surface area is 103 Å². The highest BCUT2D eigenvalue weighted by Gasteiger charge is 2.27. The van der Waals surface area contributed by atoms with Gasteiger partial charge in [-0.3, -0.25) is 0 Å². The molecule has 0 unspecified atom stereocenters. The van der Waals surface area contributed by atoms with Crippen molar-refractivity contribution in [2.24, 2.45) is 5.92 Å². The molecule has 3 N–H and O–H groups in total. The van der Waals surface area contributed by atoms with Gasteiger partial charge >= 0.3 is 5.97 Å². The summed E-state index contributed by atoms with van der Waals surface area (Å²) in [5.74, 6) is -0.649. The van der Waals surface area contributed by atoms with E-state index in [1.165, 1.54) is 12.3 Å². The molecule has 6 heteroatoms. The monoisotopic (exact) mass is 256 g/mol. The summed E-state index contributed by atoms with van der Waals surface area (Å²) in [5, 5.41) is 21.4. The minimum Gasteiger partial charge on any atom is -0.478 e. The van der Waals surface area contributed by atoms with E-state index in [-0.39, 0.29) is 16.8 Å². The second-order valence-corrected chi connectivity index (χ2v) is 4.62. The number of nitrogens with one attached hydrogen (secondary N) is 1. The molecule has 1 aromatic heterocycles. The molecule has 92 valence electrons. The molecule has 1 aliphatic rings. The van der Waals surface area contributed by atoms with Gasteiger partial charge < -0.3 is 15.5 Å². The van der Waals surface area contributed by atoms with Crippen LogP contribution in [-0.2, 0) is 0 Å². The summed E-state index contributed by atoms with van der Waals surface area (Å²) < 4.78 is 0. The van der Waals surface area contributed by atoms with Crippen LogP contribution in [0.25, 0.3) is 0 Å². The molecule has 0 spiro atoms. The molecule has 0 bridgehead atoms. The third kappa shape index (κ3) is 2.87. The van der Waals surface area contributed by atoms with Gasteiger partial charge in [0.05, 0.1) is 11.8 Å². The lowest BCUT2D eigenvalue weighted by molar-refractivity contribution is 0.0486. The normalized spacial score (nSPS) is 22.9. The maximum Gasteiger partial charge on any atom is 0.339 e. The number of carboxylic acid groups (broad SMARTS) is 1. The van der Waals surface area contributed by atoms with E-state index in [1.54, 1.807) is 0 Å². The van der Waals surface area contributed by atoms with E-state index in [2.05, 4.69) is 10.3 Å². The molecular formula is C11H13ClN2O3. The van der Waals surface area contributed by atoms with E-state index >= 15 is 0 Å². The highest BCUT2D eigenvalue weighted by atomic mass is 35.5. The maximum atomic E-state index is 11.0. The van der Waals surface area contributed by atoms with Crippen molar-refractivity contribution in [1.82, 2.24) is 4.98 Å². The fraction of sp³-hybridized carbons (Fsp3) is 0.455. The summed E-state index contributed by atoms with van der Waals surface area (Å²) in [6.45, 7) is 0.637. The van der Waals surface area contributed by atoms with E-state index in [4.69, 9.17) is 21.8 Å². The lowest BCUT2D eigenvalue weighted by Crippen LogP contribution is -2.33. The third-order valence-corrected chi connectivity index (χ3v) is 3.10. The molecule has 0 amide bonds. The number of anilines is 1. The molecule has 5 nitrogen and oxygen atoms in total. The molecule has 1 aromatic rings. The number of carbonyl (C=O) groups is 1. The Balaban J connectivity index is 2.03. The van der Waals surface area contributed by atoms with Crippen LogP contribution in [0.1, 0.15) is 23.2 Å². The van der Waals surface area contributed by atoms with Crippen LogP contribution >= 0.6 is 11.6 Å². The van der Waals surface area contributed by atoms with Crippen molar-refractivity contribution >= 4 is 23.3 Å². The molecule has 1 fully saturated rings. The van der Waals surface area contributed by atoms with Crippen LogP contribution in [0, 0.1) is 5.92 Å². The van der Waals surface area contributed by atoms with E-state index in [1.807, 2.05) is 0 Å². The molecule has 0 saturated heterocycles. The number of rotatable bonds is 4. The van der Waals surface area contributed by atoms with Crippen LogP contribution in [0.4, 0.5) is 5.69 Å². The van der Waals surface area contributed by atoms with Crippen LogP contribution in [-0.4, -0.2) is 33.8 Å². The first-order valence-corrected chi connectivity index (χ1v) is 5.75. The number of aliphatic hydroxyl groups excluding tert-OH is 1. The van der Waals surface area contributed by atoms with Crippen LogP contribution in [0.2, 0.25) is 5.15 Å². The molecule has 1 saturated carbocycles. The Morgan fingerprint density at radius 1 is 1.59 bits per heavy atom. The van der Waals surface area contributed by atoms with Gasteiger partial charge in [0.1, 0.15) is 10.7 Å². The van der Waals surface area contributed by atoms with E-state index in [9.17, 15) is 4.79 Å². The Hall–Kier alpha value is -1.33. The van der Waals surface area contributed by atoms with Crippen molar-refractivity contribution < 1.29 is 15.0 Å². The first-order chi connectivity index (χ1) is 8.06. The Morgan fingerprint density at radius 2 is 2.29 bits per heavy atom. The number of carboxylic acids is 1. The number of nitrogens with zero attached hydrogens (tertiary/aromatic N) is 1. The van der Waals surface area contributed by atoms with Gasteiger partial charge in [-0.15, -0.1) is 0 Å². The van der Waals surface area contributed by atoms with Crippen LogP contribution in [0.3, 0.4) is 0 Å². The van der Waals surface area contributed by atoms with Gasteiger partial charge in [0.15, 0.2) is 0 Å². The zero-order chi connectivity index (χ0) is 12.4. The van der Waals surface area contributed by atoms with Crippen molar-refractivity contribution in [3.8, 4) is 0 Å². The van der Waals surface area contributed by atoms with Gasteiger partial charge in [-0.05, 0) is 24.8 Å². The number of halogens is 1. The predicted molar refractivity (Wildman–Crippen MR) is 63.4 cm³/mol. The number of hydrogen-bond acceptors (Lipinski definition) is 4. The summed E-state index contributed by atoms with van der Waals surface area (Å²) >= 11 is 5.72. The van der Waals surface area contributed by atoms with Crippen LogP contribution < -0.4 is 5.32 Å². The van der Waals surface area contributed by atoms with Gasteiger partial charge in [-0.1, -0.05) is 11.6 Å². The van der Waals surface area contributed by atoms with Gasteiger partial charge in [-0.25, -0.2) is 9.78 Å². The van der Waals surface area contributed by atoms with Gasteiger partial charge in [0.2, 0.25) is 0 Å². The molecule has 1 heterocycles. The summed E-state index contributed by atoms with van der Waals surface area (Å²) in [6.07, 6.45) is 2.55. The zero-order valence-corrected chi connectivity index (χ0v) is 9.81. The molecule has 0 atom stereocenters. The van der Waals surface area contributed by atoms with Crippen molar-refractivity contribution in [1.29, 1.82) is 0 Å². The molecule has 2 rings (SSSR count). The average Bonchev–Trinajstić information content (AvgIpc) is 2.22. The molecular weight excluding hydrogens is 244 g/mol. The second-order valence-electron chi connectivity index (χ2n) is 4.23. The lowest BCUT2D eigenvalue weighted by Gasteiger charge is -2.31. The van der Waals surface area contributed by atoms with Crippen LogP contribution in [0.15, 0.2) is 12.3 Å². The van der Waals surface area contributed by atoms with Crippen molar-refractivity contribution in [2.45, 2.75) is 18.9 Å². The minimum absolute atomic E-state index is 0.106. The Kier molecular flexibility index (Phi) is 3.49. The Bertz CT molecular complexity index is 433. The number of aromatic nitrogens is 1. The SMILES string of the molecule is O=C(O)c1cnc(Cl)cc1NCC1CC(O)C1. The summed E-state index contributed by atoms with van der Waals surface area (Å²) in [4.78, 5) is 14.7. The van der Waals surface area contributed by atoms with Crippen LogP contribution in [0.5, 0.6) is 0 Å². The quantitative estimate of drug-likeness (QED) is 0.713.